The predicted octanol–water partition coefficient (Wildman–Crippen LogP) is 2.42. The van der Waals surface area contributed by atoms with Crippen LogP contribution in [0.3, 0.4) is 0 Å². The lowest BCUT2D eigenvalue weighted by Gasteiger charge is -2.30. The Hall–Kier alpha value is -0.860. The maximum atomic E-state index is 12.2. The zero-order valence-corrected chi connectivity index (χ0v) is 13.3. The second-order valence-electron chi connectivity index (χ2n) is 5.51. The van der Waals surface area contributed by atoms with Gasteiger partial charge in [0.05, 0.1) is 6.54 Å². The molecule has 9 heteroatoms. The second kappa shape index (κ2) is 8.69. The van der Waals surface area contributed by atoms with Crippen molar-refractivity contribution in [1.82, 2.24) is 20.4 Å². The summed E-state index contributed by atoms with van der Waals surface area (Å²) in [5.74, 6) is 0.696. The van der Waals surface area contributed by atoms with Crippen molar-refractivity contribution in [2.75, 3.05) is 26.7 Å². The highest BCUT2D eigenvalue weighted by Gasteiger charge is 2.31. The zero-order valence-electron chi connectivity index (χ0n) is 12.5. The van der Waals surface area contributed by atoms with Gasteiger partial charge in [-0.15, -0.1) is 12.4 Å². The van der Waals surface area contributed by atoms with E-state index in [0.717, 1.165) is 38.4 Å². The molecule has 2 rings (SSSR count). The first-order valence-corrected chi connectivity index (χ1v) is 7.21. The summed E-state index contributed by atoms with van der Waals surface area (Å²) in [4.78, 5) is 5.96. The van der Waals surface area contributed by atoms with E-state index in [2.05, 4.69) is 20.4 Å². The van der Waals surface area contributed by atoms with E-state index in [0.29, 0.717) is 6.54 Å². The van der Waals surface area contributed by atoms with Gasteiger partial charge in [0.2, 0.25) is 5.89 Å². The van der Waals surface area contributed by atoms with Crippen LogP contribution < -0.4 is 5.32 Å². The van der Waals surface area contributed by atoms with Gasteiger partial charge in [0.25, 0.3) is 0 Å². The molecular weight excluding hydrogens is 321 g/mol. The van der Waals surface area contributed by atoms with Crippen LogP contribution in [0.25, 0.3) is 0 Å². The van der Waals surface area contributed by atoms with E-state index in [9.17, 15) is 13.2 Å². The standard InChI is InChI=1S/C13H21F3N4O.ClH/c1-17-5-2-10-3-6-20(7-4-10)9-12-18-11(19-21-12)8-13(14,15)16;/h10,17H,2-9H2,1H3;1H. The fraction of sp³-hybridized carbons (Fsp3) is 0.846. The van der Waals surface area contributed by atoms with Gasteiger partial charge in [-0.3, -0.25) is 4.90 Å². The number of piperidine rings is 1. The molecule has 1 N–H and O–H groups in total. The first-order chi connectivity index (χ1) is 9.96. The Bertz CT molecular complexity index is 433. The largest absolute Gasteiger partial charge is 0.396 e. The van der Waals surface area contributed by atoms with Crippen molar-refractivity contribution in [3.63, 3.8) is 0 Å². The molecule has 1 aliphatic heterocycles. The van der Waals surface area contributed by atoms with Crippen molar-refractivity contribution in [2.45, 2.75) is 38.4 Å². The molecule has 0 saturated carbocycles. The van der Waals surface area contributed by atoms with E-state index >= 15 is 0 Å². The van der Waals surface area contributed by atoms with Crippen LogP contribution in [-0.4, -0.2) is 47.9 Å². The highest BCUT2D eigenvalue weighted by atomic mass is 35.5. The Morgan fingerprint density at radius 1 is 1.32 bits per heavy atom. The molecule has 1 aromatic heterocycles. The number of nitrogens with one attached hydrogen (secondary N) is 1. The van der Waals surface area contributed by atoms with Crippen molar-refractivity contribution in [2.24, 2.45) is 5.92 Å². The Kier molecular flexibility index (Phi) is 7.58. The lowest BCUT2D eigenvalue weighted by Crippen LogP contribution is -2.34. The molecule has 1 aliphatic rings. The zero-order chi connectivity index (χ0) is 15.3. The van der Waals surface area contributed by atoms with Gasteiger partial charge < -0.3 is 9.84 Å². The quantitative estimate of drug-likeness (QED) is 0.860. The number of nitrogens with zero attached hydrogens (tertiary/aromatic N) is 3. The van der Waals surface area contributed by atoms with Crippen LogP contribution in [0.2, 0.25) is 0 Å². The molecule has 0 aliphatic carbocycles. The van der Waals surface area contributed by atoms with Crippen LogP contribution in [0, 0.1) is 5.92 Å². The molecule has 0 amide bonds. The van der Waals surface area contributed by atoms with Crippen LogP contribution in [0.15, 0.2) is 4.52 Å². The Balaban J connectivity index is 0.00000242. The highest BCUT2D eigenvalue weighted by Crippen LogP contribution is 2.22. The third-order valence-corrected chi connectivity index (χ3v) is 3.74. The van der Waals surface area contributed by atoms with Crippen molar-refractivity contribution in [3.8, 4) is 0 Å². The number of rotatable bonds is 6. The summed E-state index contributed by atoms with van der Waals surface area (Å²) >= 11 is 0. The summed E-state index contributed by atoms with van der Waals surface area (Å²) in [6, 6.07) is 0. The number of likely N-dealkylation sites (tertiary alicyclic amines) is 1. The smallest absolute Gasteiger partial charge is 0.338 e. The average Bonchev–Trinajstić information content (AvgIpc) is 2.83. The fourth-order valence-corrected chi connectivity index (χ4v) is 2.58. The third-order valence-electron chi connectivity index (χ3n) is 3.74. The topological polar surface area (TPSA) is 54.2 Å². The maximum Gasteiger partial charge on any atom is 0.396 e. The first kappa shape index (κ1) is 19.2. The number of aromatic nitrogens is 2. The number of alkyl halides is 3. The summed E-state index contributed by atoms with van der Waals surface area (Å²) in [6.07, 6.45) is -2.06. The van der Waals surface area contributed by atoms with Crippen molar-refractivity contribution in [3.05, 3.63) is 11.7 Å². The van der Waals surface area contributed by atoms with E-state index in [1.54, 1.807) is 0 Å². The Morgan fingerprint density at radius 2 is 2.00 bits per heavy atom. The lowest BCUT2D eigenvalue weighted by atomic mass is 9.93. The monoisotopic (exact) mass is 342 g/mol. The van der Waals surface area contributed by atoms with E-state index in [1.165, 1.54) is 6.42 Å². The SMILES string of the molecule is CNCCC1CCN(Cc2nc(CC(F)(F)F)no2)CC1.Cl. The average molecular weight is 343 g/mol. The fourth-order valence-electron chi connectivity index (χ4n) is 2.58. The number of hydrogen-bond donors (Lipinski definition) is 1. The van der Waals surface area contributed by atoms with Gasteiger partial charge in [0.1, 0.15) is 6.42 Å². The van der Waals surface area contributed by atoms with Crippen LogP contribution in [-0.2, 0) is 13.0 Å². The molecule has 1 fully saturated rings. The minimum Gasteiger partial charge on any atom is -0.338 e. The minimum absolute atomic E-state index is 0. The van der Waals surface area contributed by atoms with Crippen LogP contribution in [0.4, 0.5) is 13.2 Å². The summed E-state index contributed by atoms with van der Waals surface area (Å²) < 4.78 is 41.5. The summed E-state index contributed by atoms with van der Waals surface area (Å²) in [5.41, 5.74) is 0. The van der Waals surface area contributed by atoms with Crippen molar-refractivity contribution >= 4 is 12.4 Å². The predicted molar refractivity (Wildman–Crippen MR) is 77.8 cm³/mol. The van der Waals surface area contributed by atoms with Gasteiger partial charge in [-0.1, -0.05) is 5.16 Å². The summed E-state index contributed by atoms with van der Waals surface area (Å²) in [6.45, 7) is 3.30. The highest BCUT2D eigenvalue weighted by molar-refractivity contribution is 5.85. The molecule has 0 atom stereocenters. The van der Waals surface area contributed by atoms with Gasteiger partial charge in [0, 0.05) is 0 Å². The van der Waals surface area contributed by atoms with Gasteiger partial charge in [-0.05, 0) is 51.9 Å². The van der Waals surface area contributed by atoms with Crippen molar-refractivity contribution < 1.29 is 17.7 Å². The van der Waals surface area contributed by atoms with Crippen molar-refractivity contribution in [1.29, 1.82) is 0 Å². The molecule has 0 radical (unpaired) electrons. The molecule has 22 heavy (non-hydrogen) atoms. The van der Waals surface area contributed by atoms with Crippen LogP contribution >= 0.6 is 12.4 Å². The molecule has 128 valence electrons. The molecule has 0 unspecified atom stereocenters. The minimum atomic E-state index is -4.30. The third kappa shape index (κ3) is 6.50. The second-order valence-corrected chi connectivity index (χ2v) is 5.51. The molecule has 1 aromatic rings. The van der Waals surface area contributed by atoms with Gasteiger partial charge in [0.15, 0.2) is 5.82 Å². The summed E-state index contributed by atoms with van der Waals surface area (Å²) in [7, 11) is 1.95. The van der Waals surface area contributed by atoms with Crippen LogP contribution in [0.1, 0.15) is 31.0 Å². The maximum absolute atomic E-state index is 12.2. The van der Waals surface area contributed by atoms with Gasteiger partial charge >= 0.3 is 6.18 Å². The molecular formula is C13H22ClF3N4O. The summed E-state index contributed by atoms with van der Waals surface area (Å²) in [5, 5.41) is 6.53. The van der Waals surface area contributed by atoms with E-state index in [1.807, 2.05) is 7.05 Å². The van der Waals surface area contributed by atoms with E-state index < -0.39 is 12.6 Å². The lowest BCUT2D eigenvalue weighted by molar-refractivity contribution is -0.128. The molecule has 1 saturated heterocycles. The molecule has 2 heterocycles. The Labute approximate surface area is 134 Å². The van der Waals surface area contributed by atoms with E-state index in [4.69, 9.17) is 4.52 Å². The van der Waals surface area contributed by atoms with Gasteiger partial charge in [-0.2, -0.15) is 18.2 Å². The van der Waals surface area contributed by atoms with Gasteiger partial charge in [-0.25, -0.2) is 0 Å². The molecule has 0 spiro atoms. The number of hydrogen-bond acceptors (Lipinski definition) is 5. The normalized spacial score (nSPS) is 17.5. The molecule has 0 aromatic carbocycles. The number of halogens is 4. The van der Waals surface area contributed by atoms with E-state index in [-0.39, 0.29) is 24.1 Å². The molecule has 0 bridgehead atoms. The Morgan fingerprint density at radius 3 is 2.59 bits per heavy atom. The van der Waals surface area contributed by atoms with Crippen LogP contribution in [0.5, 0.6) is 0 Å². The molecule has 5 nitrogen and oxygen atoms in total. The first-order valence-electron chi connectivity index (χ1n) is 7.21.